The average Bonchev–Trinajstić information content (AvgIpc) is 2.20. The number of thiocarbonyl (C=S) groups is 1. The summed E-state index contributed by atoms with van der Waals surface area (Å²) in [7, 11) is 0. The highest BCUT2D eigenvalue weighted by atomic mass is 32.1. The number of hydrogen-bond donors (Lipinski definition) is 2. The lowest BCUT2D eigenvalue weighted by Gasteiger charge is -1.99. The van der Waals surface area contributed by atoms with Gasteiger partial charge in [0, 0.05) is 17.7 Å². The minimum Gasteiger partial charge on any atom is -0.375 e. The third-order valence-corrected chi connectivity index (χ3v) is 1.73. The molecule has 17 heavy (non-hydrogen) atoms. The molecular formula is C8H6F2N4O2S. The average molecular weight is 260 g/mol. The monoisotopic (exact) mass is 260 g/mol. The van der Waals surface area contributed by atoms with Crippen LogP contribution in [0, 0.1) is 21.7 Å². The summed E-state index contributed by atoms with van der Waals surface area (Å²) in [5, 5.41) is 13.7. The fourth-order valence-corrected chi connectivity index (χ4v) is 1.01. The standard InChI is InChI=1S/C8H6F2N4O2S/c9-5-2-6(10)7(14(15)16)1-4(5)3-12-13-8(11)17/h1-3H,(H3,11,13,17). The van der Waals surface area contributed by atoms with Crippen LogP contribution in [0.15, 0.2) is 17.2 Å². The third-order valence-electron chi connectivity index (χ3n) is 1.64. The van der Waals surface area contributed by atoms with Gasteiger partial charge in [0.2, 0.25) is 5.82 Å². The van der Waals surface area contributed by atoms with Crippen LogP contribution in [0.2, 0.25) is 0 Å². The van der Waals surface area contributed by atoms with E-state index < -0.39 is 22.2 Å². The first kappa shape index (κ1) is 12.9. The number of hydrazone groups is 1. The van der Waals surface area contributed by atoms with E-state index >= 15 is 0 Å². The summed E-state index contributed by atoms with van der Waals surface area (Å²) >= 11 is 4.42. The van der Waals surface area contributed by atoms with Gasteiger partial charge in [0.15, 0.2) is 5.11 Å². The van der Waals surface area contributed by atoms with Gasteiger partial charge in [-0.2, -0.15) is 9.49 Å². The predicted molar refractivity (Wildman–Crippen MR) is 60.5 cm³/mol. The van der Waals surface area contributed by atoms with Crippen molar-refractivity contribution in [3.63, 3.8) is 0 Å². The smallest absolute Gasteiger partial charge is 0.305 e. The molecule has 90 valence electrons. The van der Waals surface area contributed by atoms with Crippen molar-refractivity contribution < 1.29 is 13.7 Å². The van der Waals surface area contributed by atoms with Crippen molar-refractivity contribution in [1.82, 2.24) is 5.43 Å². The zero-order valence-corrected chi connectivity index (χ0v) is 9.00. The molecule has 3 N–H and O–H groups in total. The molecule has 0 bridgehead atoms. The SMILES string of the molecule is NC(=S)NN=Cc1cc([N+](=O)[O-])c(F)cc1F. The lowest BCUT2D eigenvalue weighted by molar-refractivity contribution is -0.387. The Morgan fingerprint density at radius 2 is 2.18 bits per heavy atom. The van der Waals surface area contributed by atoms with Gasteiger partial charge in [0.25, 0.3) is 0 Å². The molecule has 0 aliphatic heterocycles. The molecule has 0 spiro atoms. The van der Waals surface area contributed by atoms with Crippen molar-refractivity contribution in [3.05, 3.63) is 39.4 Å². The Bertz CT molecular complexity index is 507. The van der Waals surface area contributed by atoms with Crippen LogP contribution in [0.1, 0.15) is 5.56 Å². The summed E-state index contributed by atoms with van der Waals surface area (Å²) in [6, 6.07) is 1.12. The number of benzene rings is 1. The second kappa shape index (κ2) is 5.25. The van der Waals surface area contributed by atoms with Crippen molar-refractivity contribution in [2.75, 3.05) is 0 Å². The molecule has 0 fully saturated rings. The van der Waals surface area contributed by atoms with Gasteiger partial charge in [-0.25, -0.2) is 4.39 Å². The molecule has 9 heteroatoms. The van der Waals surface area contributed by atoms with Crippen LogP contribution in [0.3, 0.4) is 0 Å². The Balaban J connectivity index is 3.07. The summed E-state index contributed by atoms with van der Waals surface area (Å²) in [4.78, 5) is 9.44. The van der Waals surface area contributed by atoms with E-state index in [0.29, 0.717) is 6.07 Å². The molecule has 0 saturated carbocycles. The third kappa shape index (κ3) is 3.41. The summed E-state index contributed by atoms with van der Waals surface area (Å²) in [6.07, 6.45) is 0.904. The van der Waals surface area contributed by atoms with Gasteiger partial charge in [-0.15, -0.1) is 0 Å². The number of hydrogen-bond acceptors (Lipinski definition) is 4. The van der Waals surface area contributed by atoms with E-state index in [4.69, 9.17) is 5.73 Å². The minimum absolute atomic E-state index is 0.154. The molecular weight excluding hydrogens is 254 g/mol. The van der Waals surface area contributed by atoms with Crippen molar-refractivity contribution in [2.45, 2.75) is 0 Å². The van der Waals surface area contributed by atoms with Gasteiger partial charge in [-0.3, -0.25) is 15.5 Å². The summed E-state index contributed by atoms with van der Waals surface area (Å²) < 4.78 is 26.1. The first-order valence-electron chi connectivity index (χ1n) is 4.13. The maximum atomic E-state index is 13.2. The molecule has 0 amide bonds. The second-order valence-electron chi connectivity index (χ2n) is 2.82. The molecule has 0 aliphatic carbocycles. The maximum Gasteiger partial charge on any atom is 0.305 e. The van der Waals surface area contributed by atoms with E-state index in [0.717, 1.165) is 12.3 Å². The highest BCUT2D eigenvalue weighted by molar-refractivity contribution is 7.80. The van der Waals surface area contributed by atoms with E-state index in [1.54, 1.807) is 0 Å². The van der Waals surface area contributed by atoms with Crippen molar-refractivity contribution in [1.29, 1.82) is 0 Å². The number of nitrogens with zero attached hydrogens (tertiary/aromatic N) is 2. The molecule has 0 heterocycles. The van der Waals surface area contributed by atoms with Crippen LogP contribution in [0.5, 0.6) is 0 Å². The van der Waals surface area contributed by atoms with Gasteiger partial charge >= 0.3 is 5.69 Å². The Labute approximate surface area is 99.3 Å². The molecule has 0 atom stereocenters. The maximum absolute atomic E-state index is 13.2. The summed E-state index contributed by atoms with van der Waals surface area (Å²) in [6.45, 7) is 0. The lowest BCUT2D eigenvalue weighted by atomic mass is 10.2. The van der Waals surface area contributed by atoms with E-state index in [9.17, 15) is 18.9 Å². The first-order valence-corrected chi connectivity index (χ1v) is 4.54. The van der Waals surface area contributed by atoms with Gasteiger partial charge in [-0.05, 0) is 12.2 Å². The van der Waals surface area contributed by atoms with Crippen LogP contribution < -0.4 is 11.2 Å². The molecule has 1 aromatic rings. The van der Waals surface area contributed by atoms with Crippen LogP contribution in [-0.2, 0) is 0 Å². The number of nitrogens with one attached hydrogen (secondary N) is 1. The Morgan fingerprint density at radius 3 is 2.71 bits per heavy atom. The van der Waals surface area contributed by atoms with Crippen molar-refractivity contribution in [3.8, 4) is 0 Å². The number of nitro benzene ring substituents is 1. The first-order chi connectivity index (χ1) is 7.91. The lowest BCUT2D eigenvalue weighted by Crippen LogP contribution is -2.24. The van der Waals surface area contributed by atoms with Crippen LogP contribution in [0.4, 0.5) is 14.5 Å². The summed E-state index contributed by atoms with van der Waals surface area (Å²) in [5.41, 5.74) is 6.07. The van der Waals surface area contributed by atoms with Gasteiger partial charge in [-0.1, -0.05) is 0 Å². The molecule has 0 aliphatic rings. The topological polar surface area (TPSA) is 93.5 Å². The van der Waals surface area contributed by atoms with E-state index in [-0.39, 0.29) is 10.7 Å². The van der Waals surface area contributed by atoms with Gasteiger partial charge in [0.05, 0.1) is 11.1 Å². The second-order valence-corrected chi connectivity index (χ2v) is 3.26. The Kier molecular flexibility index (Phi) is 3.99. The van der Waals surface area contributed by atoms with E-state index in [2.05, 4.69) is 22.7 Å². The fraction of sp³-hybridized carbons (Fsp3) is 0. The number of halogens is 2. The molecule has 0 aromatic heterocycles. The van der Waals surface area contributed by atoms with Gasteiger partial charge in [0.1, 0.15) is 5.82 Å². The quantitative estimate of drug-likeness (QED) is 0.366. The number of nitrogens with two attached hydrogens (primary N) is 1. The van der Waals surface area contributed by atoms with E-state index in [1.807, 2.05) is 0 Å². The van der Waals surface area contributed by atoms with Crippen molar-refractivity contribution in [2.24, 2.45) is 10.8 Å². The molecule has 1 rings (SSSR count). The molecule has 0 unspecified atom stereocenters. The van der Waals surface area contributed by atoms with Crippen LogP contribution >= 0.6 is 12.2 Å². The highest BCUT2D eigenvalue weighted by Gasteiger charge is 2.17. The predicted octanol–water partition coefficient (Wildman–Crippen LogP) is 1.04. The molecule has 0 radical (unpaired) electrons. The molecule has 0 saturated heterocycles. The normalized spacial score (nSPS) is 10.5. The van der Waals surface area contributed by atoms with Crippen LogP contribution in [-0.4, -0.2) is 16.3 Å². The zero-order chi connectivity index (χ0) is 13.0. The summed E-state index contributed by atoms with van der Waals surface area (Å²) in [5.74, 6) is -2.24. The highest BCUT2D eigenvalue weighted by Crippen LogP contribution is 2.20. The van der Waals surface area contributed by atoms with Gasteiger partial charge < -0.3 is 5.73 Å². The van der Waals surface area contributed by atoms with E-state index in [1.165, 1.54) is 0 Å². The minimum atomic E-state index is -1.26. The number of nitro groups is 1. The molecule has 1 aromatic carbocycles. The Morgan fingerprint density at radius 1 is 1.53 bits per heavy atom. The zero-order valence-electron chi connectivity index (χ0n) is 8.18. The molecule has 6 nitrogen and oxygen atoms in total. The Hall–Kier alpha value is -2.16. The van der Waals surface area contributed by atoms with Crippen LogP contribution in [0.25, 0.3) is 0 Å². The number of rotatable bonds is 3. The fourth-order valence-electron chi connectivity index (χ4n) is 0.958. The largest absolute Gasteiger partial charge is 0.375 e. The van der Waals surface area contributed by atoms with Crippen molar-refractivity contribution >= 4 is 29.2 Å².